The molecule has 116 valence electrons. The van der Waals surface area contributed by atoms with Gasteiger partial charge in [0.25, 0.3) is 0 Å². The maximum absolute atomic E-state index is 12.8. The Hall–Kier alpha value is -1.62. The number of hydrogen-bond donors (Lipinski definition) is 0. The van der Waals surface area contributed by atoms with Crippen LogP contribution in [-0.4, -0.2) is 43.7 Å². The number of rotatable bonds is 6. The van der Waals surface area contributed by atoms with Crippen molar-refractivity contribution in [3.63, 3.8) is 0 Å². The molecule has 1 fully saturated rings. The van der Waals surface area contributed by atoms with Crippen molar-refractivity contribution in [3.8, 4) is 5.75 Å². The summed E-state index contributed by atoms with van der Waals surface area (Å²) in [6.07, 6.45) is 3.88. The highest BCUT2D eigenvalue weighted by atomic mass is 19.1. The molecule has 0 radical (unpaired) electrons. The summed E-state index contributed by atoms with van der Waals surface area (Å²) in [7, 11) is 1.44. The Morgan fingerprint density at radius 2 is 2.10 bits per heavy atom. The second-order valence-corrected chi connectivity index (χ2v) is 5.23. The van der Waals surface area contributed by atoms with Crippen molar-refractivity contribution < 1.29 is 18.7 Å². The first-order chi connectivity index (χ1) is 10.2. The number of likely N-dealkylation sites (tertiary alicyclic amines) is 1. The van der Waals surface area contributed by atoms with E-state index in [2.05, 4.69) is 4.90 Å². The van der Waals surface area contributed by atoms with Crippen LogP contribution >= 0.6 is 0 Å². The van der Waals surface area contributed by atoms with Crippen LogP contribution in [0.15, 0.2) is 24.3 Å². The fraction of sp³-hybridized carbons (Fsp3) is 0.562. The van der Waals surface area contributed by atoms with Gasteiger partial charge >= 0.3 is 5.97 Å². The van der Waals surface area contributed by atoms with E-state index in [0.29, 0.717) is 12.4 Å². The van der Waals surface area contributed by atoms with Crippen molar-refractivity contribution >= 4 is 5.97 Å². The summed E-state index contributed by atoms with van der Waals surface area (Å²) in [6.45, 7) is 2.29. The van der Waals surface area contributed by atoms with E-state index in [9.17, 15) is 9.18 Å². The molecule has 5 heteroatoms. The lowest BCUT2D eigenvalue weighted by molar-refractivity contribution is -0.148. The van der Waals surface area contributed by atoms with E-state index >= 15 is 0 Å². The van der Waals surface area contributed by atoms with Crippen LogP contribution in [-0.2, 0) is 9.53 Å². The largest absolute Gasteiger partial charge is 0.494 e. The molecule has 0 N–H and O–H groups in total. The third kappa shape index (κ3) is 4.70. The molecule has 0 spiro atoms. The summed E-state index contributed by atoms with van der Waals surface area (Å²) in [4.78, 5) is 13.9. The number of nitrogens with zero attached hydrogens (tertiary/aromatic N) is 1. The first-order valence-electron chi connectivity index (χ1n) is 7.41. The molecule has 1 aromatic rings. The Balaban J connectivity index is 1.73. The van der Waals surface area contributed by atoms with Crippen LogP contribution in [0.4, 0.5) is 4.39 Å². The minimum atomic E-state index is -0.267. The van der Waals surface area contributed by atoms with E-state index in [4.69, 9.17) is 9.47 Å². The second-order valence-electron chi connectivity index (χ2n) is 5.23. The van der Waals surface area contributed by atoms with E-state index in [1.807, 2.05) is 0 Å². The number of halogens is 1. The van der Waals surface area contributed by atoms with Gasteiger partial charge in [-0.25, -0.2) is 4.39 Å². The lowest BCUT2D eigenvalue weighted by atomic mass is 10.0. The quantitative estimate of drug-likeness (QED) is 0.597. The normalized spacial score (nSPS) is 19.2. The van der Waals surface area contributed by atoms with E-state index in [0.717, 1.165) is 38.8 Å². The number of benzene rings is 1. The first kappa shape index (κ1) is 15.8. The molecule has 0 saturated carbocycles. The number of ether oxygens (including phenoxy) is 2. The van der Waals surface area contributed by atoms with Crippen molar-refractivity contribution in [2.75, 3.05) is 26.8 Å². The molecule has 1 saturated heterocycles. The van der Waals surface area contributed by atoms with Gasteiger partial charge in [0, 0.05) is 6.54 Å². The summed E-state index contributed by atoms with van der Waals surface area (Å²) < 4.78 is 23.2. The lowest BCUT2D eigenvalue weighted by Gasteiger charge is -2.33. The second kappa shape index (κ2) is 7.98. The van der Waals surface area contributed by atoms with Gasteiger partial charge in [-0.2, -0.15) is 0 Å². The highest BCUT2D eigenvalue weighted by Gasteiger charge is 2.28. The standard InChI is InChI=1S/C16H22FNO3/c1-20-16(19)15-5-2-3-10-18(15)11-4-12-21-14-8-6-13(17)7-9-14/h6-9,15H,2-5,10-12H2,1H3. The molecule has 1 atom stereocenters. The van der Waals surface area contributed by atoms with Gasteiger partial charge in [-0.15, -0.1) is 0 Å². The van der Waals surface area contributed by atoms with E-state index in [1.54, 1.807) is 12.1 Å². The Bertz CT molecular complexity index is 449. The van der Waals surface area contributed by atoms with Crippen LogP contribution in [0.25, 0.3) is 0 Å². The van der Waals surface area contributed by atoms with Gasteiger partial charge < -0.3 is 9.47 Å². The number of carbonyl (C=O) groups is 1. The molecular formula is C16H22FNO3. The predicted molar refractivity (Wildman–Crippen MR) is 77.7 cm³/mol. The Morgan fingerprint density at radius 3 is 2.81 bits per heavy atom. The summed E-state index contributed by atoms with van der Waals surface area (Å²) in [5, 5.41) is 0. The molecule has 4 nitrogen and oxygen atoms in total. The molecule has 0 bridgehead atoms. The zero-order chi connectivity index (χ0) is 15.1. The maximum Gasteiger partial charge on any atom is 0.323 e. The average molecular weight is 295 g/mol. The van der Waals surface area contributed by atoms with Gasteiger partial charge in [-0.1, -0.05) is 6.42 Å². The Kier molecular flexibility index (Phi) is 5.99. The zero-order valence-corrected chi connectivity index (χ0v) is 12.4. The molecule has 1 aliphatic rings. The van der Waals surface area contributed by atoms with Crippen LogP contribution in [0.5, 0.6) is 5.75 Å². The third-order valence-corrected chi connectivity index (χ3v) is 3.76. The highest BCUT2D eigenvalue weighted by Crippen LogP contribution is 2.18. The van der Waals surface area contributed by atoms with E-state index in [-0.39, 0.29) is 17.8 Å². The van der Waals surface area contributed by atoms with Gasteiger partial charge in [-0.3, -0.25) is 9.69 Å². The molecule has 21 heavy (non-hydrogen) atoms. The smallest absolute Gasteiger partial charge is 0.323 e. The number of methoxy groups -OCH3 is 1. The van der Waals surface area contributed by atoms with Crippen LogP contribution in [0.3, 0.4) is 0 Å². The van der Waals surface area contributed by atoms with Gasteiger partial charge in [0.05, 0.1) is 13.7 Å². The summed E-state index contributed by atoms with van der Waals surface area (Å²) in [5.41, 5.74) is 0. The van der Waals surface area contributed by atoms with Gasteiger partial charge in [0.15, 0.2) is 0 Å². The summed E-state index contributed by atoms with van der Waals surface area (Å²) in [5.74, 6) is 0.255. The summed E-state index contributed by atoms with van der Waals surface area (Å²) >= 11 is 0. The minimum Gasteiger partial charge on any atom is -0.494 e. The highest BCUT2D eigenvalue weighted by molar-refractivity contribution is 5.75. The van der Waals surface area contributed by atoms with Crippen molar-refractivity contribution in [1.82, 2.24) is 4.90 Å². The van der Waals surface area contributed by atoms with Gasteiger partial charge in [0.1, 0.15) is 17.6 Å². The molecule has 1 heterocycles. The monoisotopic (exact) mass is 295 g/mol. The number of piperidine rings is 1. The molecule has 1 aromatic carbocycles. The number of carbonyl (C=O) groups excluding carboxylic acids is 1. The van der Waals surface area contributed by atoms with Crippen LogP contribution in [0.2, 0.25) is 0 Å². The number of esters is 1. The lowest BCUT2D eigenvalue weighted by Crippen LogP contribution is -2.45. The molecular weight excluding hydrogens is 273 g/mol. The first-order valence-corrected chi connectivity index (χ1v) is 7.41. The van der Waals surface area contributed by atoms with Crippen molar-refractivity contribution in [2.45, 2.75) is 31.7 Å². The van der Waals surface area contributed by atoms with E-state index in [1.165, 1.54) is 19.2 Å². The summed E-state index contributed by atoms with van der Waals surface area (Å²) in [6, 6.07) is 5.89. The molecule has 1 unspecified atom stereocenters. The van der Waals surface area contributed by atoms with Crippen molar-refractivity contribution in [2.24, 2.45) is 0 Å². The Morgan fingerprint density at radius 1 is 1.33 bits per heavy atom. The Labute approximate surface area is 124 Å². The third-order valence-electron chi connectivity index (χ3n) is 3.76. The molecule has 0 aromatic heterocycles. The van der Waals surface area contributed by atoms with Crippen LogP contribution in [0, 0.1) is 5.82 Å². The van der Waals surface area contributed by atoms with Gasteiger partial charge in [0.2, 0.25) is 0 Å². The maximum atomic E-state index is 12.8. The number of hydrogen-bond acceptors (Lipinski definition) is 4. The predicted octanol–water partition coefficient (Wildman–Crippen LogP) is 2.62. The fourth-order valence-corrected chi connectivity index (χ4v) is 2.65. The van der Waals surface area contributed by atoms with Gasteiger partial charge in [-0.05, 0) is 50.1 Å². The molecule has 2 rings (SSSR count). The fourth-order valence-electron chi connectivity index (χ4n) is 2.65. The molecule has 0 amide bonds. The average Bonchev–Trinajstić information content (AvgIpc) is 2.53. The van der Waals surface area contributed by atoms with E-state index < -0.39 is 0 Å². The topological polar surface area (TPSA) is 38.8 Å². The van der Waals surface area contributed by atoms with Crippen molar-refractivity contribution in [1.29, 1.82) is 0 Å². The molecule has 1 aliphatic heterocycles. The van der Waals surface area contributed by atoms with Crippen molar-refractivity contribution in [3.05, 3.63) is 30.1 Å². The van der Waals surface area contributed by atoms with Crippen LogP contribution in [0.1, 0.15) is 25.7 Å². The van der Waals surface area contributed by atoms with Crippen LogP contribution < -0.4 is 4.74 Å². The SMILES string of the molecule is COC(=O)C1CCCCN1CCCOc1ccc(F)cc1. The molecule has 0 aliphatic carbocycles. The zero-order valence-electron chi connectivity index (χ0n) is 12.4. The minimum absolute atomic E-state index is 0.116.